The Morgan fingerprint density at radius 3 is 1.80 bits per heavy atom. The summed E-state index contributed by atoms with van der Waals surface area (Å²) in [5.74, 6) is 0.463. The van der Waals surface area contributed by atoms with Gasteiger partial charge < -0.3 is 14.6 Å². The van der Waals surface area contributed by atoms with Gasteiger partial charge in [0.15, 0.2) is 5.90 Å². The summed E-state index contributed by atoms with van der Waals surface area (Å²) in [4.78, 5) is 15.9. The van der Waals surface area contributed by atoms with E-state index in [1.165, 1.54) is 14.2 Å². The summed E-state index contributed by atoms with van der Waals surface area (Å²) >= 11 is 0. The van der Waals surface area contributed by atoms with Crippen LogP contribution in [0.5, 0.6) is 5.75 Å². The molecule has 0 aliphatic rings. The second kappa shape index (κ2) is 7.89. The summed E-state index contributed by atoms with van der Waals surface area (Å²) in [5, 5.41) is 10.7. The van der Waals surface area contributed by atoms with Crippen LogP contribution in [0.25, 0.3) is 0 Å². The van der Waals surface area contributed by atoms with Crippen molar-refractivity contribution in [3.05, 3.63) is 23.3 Å². The van der Waals surface area contributed by atoms with Gasteiger partial charge in [0.05, 0.1) is 26.3 Å². The second-order valence-electron chi connectivity index (χ2n) is 8.18. The minimum atomic E-state index is -0.304. The molecule has 5 heteroatoms. The first kappa shape index (κ1) is 21.0. The zero-order valence-corrected chi connectivity index (χ0v) is 16.7. The lowest BCUT2D eigenvalue weighted by atomic mass is 9.79. The lowest BCUT2D eigenvalue weighted by Gasteiger charge is -2.27. The summed E-state index contributed by atoms with van der Waals surface area (Å²) in [7, 11) is 2.89. The minimum absolute atomic E-state index is 0.208. The fourth-order valence-corrected chi connectivity index (χ4v) is 2.49. The molecule has 1 aromatic rings. The van der Waals surface area contributed by atoms with Crippen LogP contribution in [0.3, 0.4) is 0 Å². The molecule has 0 saturated heterocycles. The van der Waals surface area contributed by atoms with E-state index < -0.39 is 0 Å². The largest absolute Gasteiger partial charge is 0.507 e. The zero-order chi connectivity index (χ0) is 19.4. The molecule has 1 aromatic carbocycles. The Morgan fingerprint density at radius 2 is 1.44 bits per heavy atom. The van der Waals surface area contributed by atoms with Gasteiger partial charge in [-0.05, 0) is 23.0 Å². The third-order valence-electron chi connectivity index (χ3n) is 3.97. The SMILES string of the molecule is COC(=O)CCC(=Nc1cc(C(C)(C)C)c(O)c(C(C)(C)C)c1)OC. The quantitative estimate of drug-likeness (QED) is 0.489. The zero-order valence-electron chi connectivity index (χ0n) is 16.7. The molecule has 0 radical (unpaired) electrons. The number of aliphatic imine (C=N–C) groups is 1. The number of hydrogen-bond donors (Lipinski definition) is 1. The second-order valence-corrected chi connectivity index (χ2v) is 8.18. The van der Waals surface area contributed by atoms with E-state index in [0.29, 0.717) is 23.8 Å². The summed E-state index contributed by atoms with van der Waals surface area (Å²) in [5.41, 5.74) is 1.92. The van der Waals surface area contributed by atoms with E-state index in [2.05, 4.69) is 51.3 Å². The molecule has 0 saturated carbocycles. The van der Waals surface area contributed by atoms with Crippen molar-refractivity contribution in [2.75, 3.05) is 14.2 Å². The molecule has 25 heavy (non-hydrogen) atoms. The molecule has 140 valence electrons. The number of aromatic hydroxyl groups is 1. The third-order valence-corrected chi connectivity index (χ3v) is 3.97. The molecule has 0 unspecified atom stereocenters. The number of methoxy groups -OCH3 is 2. The highest BCUT2D eigenvalue weighted by Crippen LogP contribution is 2.41. The maximum atomic E-state index is 11.3. The van der Waals surface area contributed by atoms with Crippen LogP contribution in [0.1, 0.15) is 65.5 Å². The predicted octanol–water partition coefficient (Wildman–Crippen LogP) is 4.62. The van der Waals surface area contributed by atoms with Gasteiger partial charge in [0.2, 0.25) is 0 Å². The molecule has 0 aliphatic heterocycles. The number of rotatable bonds is 4. The molecule has 0 aliphatic carbocycles. The fraction of sp³-hybridized carbons (Fsp3) is 0.600. The molecule has 0 fully saturated rings. The van der Waals surface area contributed by atoms with Crippen LogP contribution in [0.15, 0.2) is 17.1 Å². The lowest BCUT2D eigenvalue weighted by Crippen LogP contribution is -2.17. The highest BCUT2D eigenvalue weighted by molar-refractivity contribution is 5.83. The molecule has 0 atom stereocenters. The lowest BCUT2D eigenvalue weighted by molar-refractivity contribution is -0.140. The first-order valence-corrected chi connectivity index (χ1v) is 8.46. The normalized spacial score (nSPS) is 12.9. The standard InChI is InChI=1S/C20H31NO4/c1-19(2,3)14-11-13(12-15(18(14)23)20(4,5)6)21-16(24-7)9-10-17(22)25-8/h11-12,23H,9-10H2,1-8H3. The van der Waals surface area contributed by atoms with Crippen molar-refractivity contribution in [1.82, 2.24) is 0 Å². The van der Waals surface area contributed by atoms with E-state index >= 15 is 0 Å². The maximum Gasteiger partial charge on any atom is 0.306 e. The summed E-state index contributed by atoms with van der Waals surface area (Å²) < 4.78 is 9.97. The molecular formula is C20H31NO4. The first-order valence-electron chi connectivity index (χ1n) is 8.46. The van der Waals surface area contributed by atoms with Gasteiger partial charge in [-0.15, -0.1) is 0 Å². The molecule has 1 N–H and O–H groups in total. The van der Waals surface area contributed by atoms with Gasteiger partial charge in [0.25, 0.3) is 0 Å². The number of carbonyl (C=O) groups is 1. The number of phenolic OH excluding ortho intramolecular Hbond substituents is 1. The van der Waals surface area contributed by atoms with Crippen molar-refractivity contribution >= 4 is 17.6 Å². The van der Waals surface area contributed by atoms with Crippen LogP contribution < -0.4 is 0 Å². The van der Waals surface area contributed by atoms with Crippen LogP contribution >= 0.6 is 0 Å². The maximum absolute atomic E-state index is 11.3. The predicted molar refractivity (Wildman–Crippen MR) is 101 cm³/mol. The Hall–Kier alpha value is -2.04. The smallest absolute Gasteiger partial charge is 0.306 e. The summed E-state index contributed by atoms with van der Waals surface area (Å²) in [6, 6.07) is 3.75. The van der Waals surface area contributed by atoms with Gasteiger partial charge in [-0.2, -0.15) is 0 Å². The summed E-state index contributed by atoms with van der Waals surface area (Å²) in [6.45, 7) is 12.3. The average molecular weight is 349 g/mol. The summed E-state index contributed by atoms with van der Waals surface area (Å²) in [6.07, 6.45) is 0.569. The van der Waals surface area contributed by atoms with Crippen LogP contribution in [0, 0.1) is 0 Å². The first-order chi connectivity index (χ1) is 11.4. The number of nitrogens with zero attached hydrogens (tertiary/aromatic N) is 1. The van der Waals surface area contributed by atoms with Crippen molar-refractivity contribution in [1.29, 1.82) is 0 Å². The molecule has 1 rings (SSSR count). The van der Waals surface area contributed by atoms with Crippen molar-refractivity contribution in [2.45, 2.75) is 65.2 Å². The number of carbonyl (C=O) groups excluding carboxylic acids is 1. The van der Waals surface area contributed by atoms with E-state index in [-0.39, 0.29) is 23.2 Å². The molecular weight excluding hydrogens is 318 g/mol. The van der Waals surface area contributed by atoms with E-state index in [1.807, 2.05) is 12.1 Å². The number of benzene rings is 1. The molecule has 0 amide bonds. The number of phenols is 1. The van der Waals surface area contributed by atoms with Crippen LogP contribution in [0.2, 0.25) is 0 Å². The van der Waals surface area contributed by atoms with E-state index in [4.69, 9.17) is 4.74 Å². The topological polar surface area (TPSA) is 68.1 Å². The molecule has 5 nitrogen and oxygen atoms in total. The highest BCUT2D eigenvalue weighted by Gasteiger charge is 2.26. The Labute approximate surface area is 151 Å². The molecule has 0 heterocycles. The monoisotopic (exact) mass is 349 g/mol. The minimum Gasteiger partial charge on any atom is -0.507 e. The highest BCUT2D eigenvalue weighted by atomic mass is 16.5. The number of ether oxygens (including phenoxy) is 2. The van der Waals surface area contributed by atoms with Gasteiger partial charge in [-0.3, -0.25) is 4.79 Å². The van der Waals surface area contributed by atoms with E-state index in [1.54, 1.807) is 0 Å². The van der Waals surface area contributed by atoms with Crippen LogP contribution in [-0.4, -0.2) is 31.2 Å². The Kier molecular flexibility index (Phi) is 6.63. The van der Waals surface area contributed by atoms with Crippen molar-refractivity contribution in [3.8, 4) is 5.75 Å². The van der Waals surface area contributed by atoms with Crippen LogP contribution in [-0.2, 0) is 25.1 Å². The van der Waals surface area contributed by atoms with Gasteiger partial charge >= 0.3 is 5.97 Å². The molecule has 0 bridgehead atoms. The van der Waals surface area contributed by atoms with Crippen molar-refractivity contribution in [2.24, 2.45) is 4.99 Å². The van der Waals surface area contributed by atoms with Crippen molar-refractivity contribution in [3.63, 3.8) is 0 Å². The van der Waals surface area contributed by atoms with Crippen molar-refractivity contribution < 1.29 is 19.4 Å². The Bertz CT molecular complexity index is 614. The van der Waals surface area contributed by atoms with Crippen LogP contribution in [0.4, 0.5) is 5.69 Å². The average Bonchev–Trinajstić information content (AvgIpc) is 2.49. The van der Waals surface area contributed by atoms with Gasteiger partial charge in [-0.1, -0.05) is 41.5 Å². The van der Waals surface area contributed by atoms with Gasteiger partial charge in [0, 0.05) is 17.5 Å². The number of esters is 1. The van der Waals surface area contributed by atoms with Gasteiger partial charge in [0.1, 0.15) is 5.75 Å². The van der Waals surface area contributed by atoms with E-state index in [9.17, 15) is 9.90 Å². The Balaban J connectivity index is 3.39. The third kappa shape index (κ3) is 5.76. The van der Waals surface area contributed by atoms with E-state index in [0.717, 1.165) is 11.1 Å². The van der Waals surface area contributed by atoms with Gasteiger partial charge in [-0.25, -0.2) is 4.99 Å². The number of hydrogen-bond acceptors (Lipinski definition) is 5. The molecule has 0 spiro atoms. The Morgan fingerprint density at radius 1 is 0.960 bits per heavy atom. The fourth-order valence-electron chi connectivity index (χ4n) is 2.49. The molecule has 0 aromatic heterocycles.